The quantitative estimate of drug-likeness (QED) is 0.0473. The molecule has 2 amide bonds. The van der Waals surface area contributed by atoms with Gasteiger partial charge < -0.3 is 32.2 Å². The molecule has 2 aliphatic carbocycles. The van der Waals surface area contributed by atoms with Gasteiger partial charge in [0.15, 0.2) is 5.65 Å². The van der Waals surface area contributed by atoms with E-state index in [1.54, 1.807) is 79.1 Å². The summed E-state index contributed by atoms with van der Waals surface area (Å²) in [6, 6.07) is 24.3. The molecule has 0 saturated heterocycles. The van der Waals surface area contributed by atoms with Gasteiger partial charge in [-0.3, -0.25) is 18.9 Å². The number of hydrogen-bond donors (Lipinski definition) is 6. The molecule has 9 rings (SSSR count). The average molecular weight is 1310 g/mol. The number of carbonyl (C=O) groups excluding carboxylic acids is 2. The largest absolute Gasteiger partial charge is 0.481 e. The molecule has 0 unspecified atom stereocenters. The fourth-order valence-corrected chi connectivity index (χ4v) is 8.11. The zero-order valence-electron chi connectivity index (χ0n) is 36.1. The van der Waals surface area contributed by atoms with Crippen LogP contribution in [0.1, 0.15) is 83.6 Å². The Hall–Kier alpha value is -4.11. The molecule has 5 aromatic heterocycles. The molecule has 5 heterocycles. The highest BCUT2D eigenvalue weighted by Gasteiger charge is 2.46. The maximum absolute atomic E-state index is 12.4. The van der Waals surface area contributed by atoms with Gasteiger partial charge in [-0.1, -0.05) is 90.3 Å². The number of alkyl halides is 1. The number of amides is 2. The van der Waals surface area contributed by atoms with Crippen LogP contribution in [-0.2, 0) is 20.2 Å². The number of nitrogen functional groups attached to an aromatic ring is 2. The second kappa shape index (κ2) is 26.5. The third-order valence-corrected chi connectivity index (χ3v) is 12.1. The molecule has 0 bridgehead atoms. The molecule has 0 aliphatic heterocycles. The van der Waals surface area contributed by atoms with E-state index in [1.165, 1.54) is 6.20 Å². The molecule has 2 saturated carbocycles. The van der Waals surface area contributed by atoms with Gasteiger partial charge in [0.25, 0.3) is 11.8 Å². The normalized spacial score (nSPS) is 13.7. The first-order valence-corrected chi connectivity index (χ1v) is 29.2. The number of anilines is 4. The van der Waals surface area contributed by atoms with Gasteiger partial charge in [-0.05, 0) is 168 Å². The number of aliphatic carboxylic acids is 1. The summed E-state index contributed by atoms with van der Waals surface area (Å²) in [5.41, 5.74) is 14.5. The zero-order valence-corrected chi connectivity index (χ0v) is 46.1. The molecule has 0 radical (unpaired) electrons. The molecule has 0 atom stereocenters. The topological polar surface area (TPSA) is 245 Å². The van der Waals surface area contributed by atoms with Crippen molar-refractivity contribution in [2.75, 3.05) is 27.0 Å². The van der Waals surface area contributed by atoms with Gasteiger partial charge >= 0.3 is 11.2 Å². The fourth-order valence-electron chi connectivity index (χ4n) is 7.05. The number of nitrogens with two attached hydrogens (primary N) is 2. The van der Waals surface area contributed by atoms with Crippen LogP contribution >= 0.6 is 117 Å². The molecule has 2 aliphatic rings. The van der Waals surface area contributed by atoms with Crippen LogP contribution in [0.4, 0.5) is 23.1 Å². The Morgan fingerprint density at radius 2 is 1.20 bits per heavy atom. The summed E-state index contributed by atoms with van der Waals surface area (Å²) in [5, 5.41) is 12.7. The van der Waals surface area contributed by atoms with Gasteiger partial charge in [-0.15, -0.1) is 0 Å². The van der Waals surface area contributed by atoms with Gasteiger partial charge in [0.05, 0.1) is 22.0 Å². The number of benzene rings is 2. The molecule has 2 aromatic carbocycles. The van der Waals surface area contributed by atoms with E-state index in [0.717, 1.165) is 51.5 Å². The minimum absolute atomic E-state index is 0. The van der Waals surface area contributed by atoms with Crippen LogP contribution in [-0.4, -0.2) is 57.7 Å². The van der Waals surface area contributed by atoms with E-state index >= 15 is 0 Å². The second-order valence-corrected chi connectivity index (χ2v) is 24.5. The van der Waals surface area contributed by atoms with Gasteiger partial charge in [-0.2, -0.15) is 0 Å². The Morgan fingerprint density at radius 3 is 1.60 bits per heavy atom. The Balaban J connectivity index is 0.000000234. The number of carboxylic acid groups (broad SMARTS) is 1. The average Bonchev–Trinajstić information content (AvgIpc) is 3.69. The summed E-state index contributed by atoms with van der Waals surface area (Å²) in [5.74, 6) is 0.771. The van der Waals surface area contributed by atoms with Crippen LogP contribution in [0.2, 0.25) is 10.0 Å². The summed E-state index contributed by atoms with van der Waals surface area (Å²) in [6.07, 6.45) is 12.0. The number of hydrogen-bond acceptors (Lipinski definition) is 11. The van der Waals surface area contributed by atoms with Crippen LogP contribution in [0.5, 0.6) is 0 Å². The smallest absolute Gasteiger partial charge is 0.339 e. The van der Waals surface area contributed by atoms with E-state index in [9.17, 15) is 24.1 Å². The lowest BCUT2D eigenvalue weighted by Gasteiger charge is -2.40. The van der Waals surface area contributed by atoms with Crippen LogP contribution in [0, 0.1) is 0 Å². The Morgan fingerprint density at radius 1 is 0.714 bits per heavy atom. The van der Waals surface area contributed by atoms with Gasteiger partial charge in [0.1, 0.15) is 23.3 Å². The molecule has 15 nitrogen and oxygen atoms in total. The number of halogens is 8. The molecule has 0 spiro atoms. The van der Waals surface area contributed by atoms with Crippen LogP contribution in [0.3, 0.4) is 0 Å². The van der Waals surface area contributed by atoms with Crippen molar-refractivity contribution in [1.29, 1.82) is 0 Å². The summed E-state index contributed by atoms with van der Waals surface area (Å²) < 4.78 is 11.3. The Labute approximate surface area is 459 Å². The fraction of sp³-hybridized carbons (Fsp3) is 0.217. The van der Waals surface area contributed by atoms with Crippen molar-refractivity contribution in [3.63, 3.8) is 0 Å². The number of carboxylic acids is 1. The lowest BCUT2D eigenvalue weighted by Crippen LogP contribution is -2.42. The highest BCUT2D eigenvalue weighted by molar-refractivity contribution is 14.1. The molecule has 8 N–H and O–H groups in total. The van der Waals surface area contributed by atoms with Crippen LogP contribution < -0.4 is 22.1 Å². The Bertz CT molecular complexity index is 2960. The number of imidazole rings is 1. The lowest BCUT2D eigenvalue weighted by atomic mass is 9.64. The highest BCUT2D eigenvalue weighted by atomic mass is 127. The van der Waals surface area contributed by atoms with E-state index < -0.39 is 16.6 Å². The van der Waals surface area contributed by atoms with Crippen LogP contribution in [0.25, 0.3) is 11.2 Å². The number of nitrogens with zero attached hydrogens (tertiary/aromatic N) is 5. The zero-order chi connectivity index (χ0) is 50.5. The molecule has 24 heteroatoms. The van der Waals surface area contributed by atoms with Crippen molar-refractivity contribution < 1.29 is 24.1 Å². The number of aromatic amines is 1. The number of aromatic nitrogens is 6. The first kappa shape index (κ1) is 58.5. The summed E-state index contributed by atoms with van der Waals surface area (Å²) in [6.45, 7) is 0. The van der Waals surface area contributed by atoms with Crippen molar-refractivity contribution in [2.45, 2.75) is 56.8 Å². The summed E-state index contributed by atoms with van der Waals surface area (Å²) in [4.78, 5) is 63.0. The number of nitrogens with one attached hydrogen (secondary N) is 3. The van der Waals surface area contributed by atoms with Crippen molar-refractivity contribution in [3.05, 3.63) is 157 Å². The molecule has 7 aromatic rings. The second-order valence-electron chi connectivity index (χ2n) is 15.1. The number of rotatable bonds is 8. The number of carbonyl (C=O) groups is 3. The molecule has 70 heavy (non-hydrogen) atoms. The third-order valence-electron chi connectivity index (χ3n) is 10.8. The number of fused-ring (bicyclic) bond motifs is 1. The maximum atomic E-state index is 12.4. The van der Waals surface area contributed by atoms with Gasteiger partial charge in [0.2, 0.25) is 0 Å². The minimum atomic E-state index is -3.22. The summed E-state index contributed by atoms with van der Waals surface area (Å²) >= 11 is 34.5. The van der Waals surface area contributed by atoms with Gasteiger partial charge in [0, 0.05) is 54.9 Å². The van der Waals surface area contributed by atoms with E-state index in [-0.39, 0.29) is 24.7 Å². The van der Waals surface area contributed by atoms with E-state index in [0.29, 0.717) is 68.4 Å². The molecular formula is C46H45Br2Cl5IN10O5P. The minimum Gasteiger partial charge on any atom is -0.481 e. The predicted octanol–water partition coefficient (Wildman–Crippen LogP) is 14.5. The predicted molar refractivity (Wildman–Crippen MR) is 299 cm³/mol. The molecule has 370 valence electrons. The number of H-pyrrole nitrogens is 1. The summed E-state index contributed by atoms with van der Waals surface area (Å²) in [7, 11) is 0. The van der Waals surface area contributed by atoms with Crippen molar-refractivity contribution >= 4 is 169 Å². The lowest BCUT2D eigenvalue weighted by molar-refractivity contribution is -0.147. The SMILES string of the molecule is C.CI.Nc1cc(Br)cnc1N.O=C(Nc1ccc(C2(C(=O)O)CCC2)cn1)c1cccc(Cl)c1.O=C(Nc1ccc(C2(c3nc4ncc(Br)cc4[nH]3)CCC2)cn1)c1cccc(Cl)c1.O=P(Cl)(Cl)Cl. The molecular weight excluding hydrogens is 1270 g/mol. The van der Waals surface area contributed by atoms with E-state index in [2.05, 4.69) is 124 Å². The van der Waals surface area contributed by atoms with Crippen LogP contribution in [0.15, 0.2) is 119 Å². The third kappa shape index (κ3) is 15.9. The monoisotopic (exact) mass is 1310 g/mol. The highest BCUT2D eigenvalue weighted by Crippen LogP contribution is 2.61. The van der Waals surface area contributed by atoms with Gasteiger partial charge in [-0.25, -0.2) is 24.9 Å². The van der Waals surface area contributed by atoms with Crippen molar-refractivity contribution in [1.82, 2.24) is 29.9 Å². The van der Waals surface area contributed by atoms with Crippen molar-refractivity contribution in [2.24, 2.45) is 0 Å². The van der Waals surface area contributed by atoms with Crippen molar-refractivity contribution in [3.8, 4) is 0 Å². The van der Waals surface area contributed by atoms with E-state index in [1.807, 2.05) is 29.3 Å². The van der Waals surface area contributed by atoms with E-state index in [4.69, 9.17) is 39.7 Å². The number of pyridine rings is 4. The Kier molecular flexibility index (Phi) is 22.2. The first-order chi connectivity index (χ1) is 32.7. The maximum Gasteiger partial charge on any atom is 0.339 e. The standard InChI is InChI=1S/C22H17BrClN5O.C17H15ClN2O3.C5H6BrN3.CH3I.CH4.Cl3OP/c23-15-10-17-19(26-12-15)29-21(27-17)22(7-2-8-22)14-5-6-18(25-11-14)28-20(30)13-3-1-4-16(24)9-13;18-13-4-1-3-11(9-13)15(21)20-14-6-5-12(10-19-14)17(16(22)23)7-2-8-17;6-3-1-4(7)5(8)9-2-3;1-2;;1-5(2,3)4/h1,3-6,9-12H,2,7-8H2,(H,25,28,30)(H,26,27,29);1,3-6,9-10H,2,7-8H2,(H,22,23)(H,19,20,21);1-2H,7H2,(H2,8,9);1H3;1H4;. The molecule has 2 fully saturated rings. The first-order valence-electron chi connectivity index (χ1n) is 20.3.